The van der Waals surface area contributed by atoms with Crippen molar-refractivity contribution >= 4 is 5.91 Å². The SMILES string of the molecule is Cc1ccc(-n2nnnc2CN2CCN(C(=O)COc3ccccc3)CC2)cc1. The van der Waals surface area contributed by atoms with Crippen molar-refractivity contribution in [3.63, 3.8) is 0 Å². The summed E-state index contributed by atoms with van der Waals surface area (Å²) in [6.07, 6.45) is 0. The van der Waals surface area contributed by atoms with Crippen molar-refractivity contribution < 1.29 is 9.53 Å². The standard InChI is InChI=1S/C21H24N6O2/c1-17-7-9-18(10-8-17)27-20(22-23-24-27)15-25-11-13-26(14-12-25)21(28)16-29-19-5-3-2-4-6-19/h2-10H,11-16H2,1H3. The summed E-state index contributed by atoms with van der Waals surface area (Å²) in [6, 6.07) is 17.5. The molecule has 4 rings (SSSR count). The Labute approximate surface area is 169 Å². The fourth-order valence-corrected chi connectivity index (χ4v) is 3.30. The van der Waals surface area contributed by atoms with Gasteiger partial charge in [0.15, 0.2) is 12.4 Å². The molecular formula is C21H24N6O2. The van der Waals surface area contributed by atoms with Crippen molar-refractivity contribution in [2.75, 3.05) is 32.8 Å². The molecule has 1 amide bonds. The minimum Gasteiger partial charge on any atom is -0.484 e. The summed E-state index contributed by atoms with van der Waals surface area (Å²) in [5.74, 6) is 1.52. The second kappa shape index (κ2) is 8.83. The maximum absolute atomic E-state index is 12.4. The highest BCUT2D eigenvalue weighted by Gasteiger charge is 2.23. The van der Waals surface area contributed by atoms with Gasteiger partial charge in [-0.2, -0.15) is 4.68 Å². The first-order valence-corrected chi connectivity index (χ1v) is 9.71. The van der Waals surface area contributed by atoms with E-state index in [0.29, 0.717) is 25.4 Å². The number of nitrogens with zero attached hydrogens (tertiary/aromatic N) is 6. The first kappa shape index (κ1) is 19.1. The normalized spacial score (nSPS) is 14.7. The highest BCUT2D eigenvalue weighted by atomic mass is 16.5. The third-order valence-corrected chi connectivity index (χ3v) is 5.01. The van der Waals surface area contributed by atoms with Gasteiger partial charge in [-0.3, -0.25) is 9.69 Å². The van der Waals surface area contributed by atoms with Crippen LogP contribution in [0.4, 0.5) is 0 Å². The summed E-state index contributed by atoms with van der Waals surface area (Å²) in [5, 5.41) is 12.1. The number of piperazine rings is 1. The van der Waals surface area contributed by atoms with Crippen LogP contribution in [0.15, 0.2) is 54.6 Å². The van der Waals surface area contributed by atoms with E-state index >= 15 is 0 Å². The molecule has 0 radical (unpaired) electrons. The van der Waals surface area contributed by atoms with E-state index in [1.54, 1.807) is 4.68 Å². The summed E-state index contributed by atoms with van der Waals surface area (Å²) in [5.41, 5.74) is 2.14. The molecule has 2 heterocycles. The van der Waals surface area contributed by atoms with E-state index < -0.39 is 0 Å². The van der Waals surface area contributed by atoms with Crippen molar-refractivity contribution in [2.24, 2.45) is 0 Å². The van der Waals surface area contributed by atoms with Crippen LogP contribution in [0.1, 0.15) is 11.4 Å². The fraction of sp³-hybridized carbons (Fsp3) is 0.333. The Morgan fingerprint density at radius 1 is 1.00 bits per heavy atom. The van der Waals surface area contributed by atoms with Crippen LogP contribution in [-0.2, 0) is 11.3 Å². The van der Waals surface area contributed by atoms with Gasteiger partial charge in [0, 0.05) is 26.2 Å². The average Bonchev–Trinajstić information content (AvgIpc) is 3.22. The van der Waals surface area contributed by atoms with Crippen LogP contribution in [0.25, 0.3) is 5.69 Å². The van der Waals surface area contributed by atoms with E-state index in [4.69, 9.17) is 4.74 Å². The average molecular weight is 392 g/mol. The van der Waals surface area contributed by atoms with Crippen molar-refractivity contribution in [3.8, 4) is 11.4 Å². The molecule has 0 aliphatic carbocycles. The van der Waals surface area contributed by atoms with Gasteiger partial charge < -0.3 is 9.64 Å². The molecule has 29 heavy (non-hydrogen) atoms. The molecule has 3 aromatic rings. The van der Waals surface area contributed by atoms with Crippen LogP contribution >= 0.6 is 0 Å². The molecule has 8 nitrogen and oxygen atoms in total. The number of amides is 1. The Morgan fingerprint density at radius 2 is 1.72 bits per heavy atom. The number of ether oxygens (including phenoxy) is 1. The fourth-order valence-electron chi connectivity index (χ4n) is 3.30. The quantitative estimate of drug-likeness (QED) is 0.636. The van der Waals surface area contributed by atoms with Crippen LogP contribution in [0.3, 0.4) is 0 Å². The molecule has 1 aliphatic rings. The number of benzene rings is 2. The number of aromatic nitrogens is 4. The van der Waals surface area contributed by atoms with Gasteiger partial charge in [-0.1, -0.05) is 35.9 Å². The Morgan fingerprint density at radius 3 is 2.45 bits per heavy atom. The van der Waals surface area contributed by atoms with Gasteiger partial charge in [0.25, 0.3) is 5.91 Å². The summed E-state index contributed by atoms with van der Waals surface area (Å²) in [4.78, 5) is 16.5. The van der Waals surface area contributed by atoms with Gasteiger partial charge in [-0.05, 0) is 41.6 Å². The number of aryl methyl sites for hydroxylation is 1. The smallest absolute Gasteiger partial charge is 0.260 e. The molecule has 0 unspecified atom stereocenters. The van der Waals surface area contributed by atoms with Gasteiger partial charge in [-0.25, -0.2) is 0 Å². The molecule has 2 aromatic carbocycles. The first-order chi connectivity index (χ1) is 14.2. The second-order valence-corrected chi connectivity index (χ2v) is 7.10. The topological polar surface area (TPSA) is 76.4 Å². The number of rotatable bonds is 6. The zero-order chi connectivity index (χ0) is 20.1. The predicted molar refractivity (Wildman–Crippen MR) is 108 cm³/mol. The summed E-state index contributed by atoms with van der Waals surface area (Å²) in [6.45, 7) is 5.65. The second-order valence-electron chi connectivity index (χ2n) is 7.10. The summed E-state index contributed by atoms with van der Waals surface area (Å²) in [7, 11) is 0. The predicted octanol–water partition coefficient (Wildman–Crippen LogP) is 1.69. The van der Waals surface area contributed by atoms with E-state index in [2.05, 4.69) is 27.3 Å². The monoisotopic (exact) mass is 392 g/mol. The van der Waals surface area contributed by atoms with Gasteiger partial charge in [-0.15, -0.1) is 5.10 Å². The Bertz CT molecular complexity index is 933. The van der Waals surface area contributed by atoms with Gasteiger partial charge in [0.05, 0.1) is 12.2 Å². The van der Waals surface area contributed by atoms with Crippen molar-refractivity contribution in [1.29, 1.82) is 0 Å². The van der Waals surface area contributed by atoms with E-state index in [9.17, 15) is 4.79 Å². The maximum atomic E-state index is 12.4. The van der Waals surface area contributed by atoms with Gasteiger partial charge >= 0.3 is 0 Å². The van der Waals surface area contributed by atoms with Crippen molar-refractivity contribution in [1.82, 2.24) is 30.0 Å². The highest BCUT2D eigenvalue weighted by molar-refractivity contribution is 5.77. The number of para-hydroxylation sites is 1. The Balaban J connectivity index is 1.29. The zero-order valence-corrected chi connectivity index (χ0v) is 16.4. The minimum absolute atomic E-state index is 0.0120. The van der Waals surface area contributed by atoms with Crippen LogP contribution in [0.2, 0.25) is 0 Å². The molecule has 1 saturated heterocycles. The lowest BCUT2D eigenvalue weighted by molar-refractivity contribution is -0.135. The molecule has 1 fully saturated rings. The zero-order valence-electron chi connectivity index (χ0n) is 16.4. The molecule has 0 N–H and O–H groups in total. The van der Waals surface area contributed by atoms with Crippen LogP contribution in [-0.4, -0.2) is 68.7 Å². The van der Waals surface area contributed by atoms with E-state index in [1.807, 2.05) is 59.5 Å². The largest absolute Gasteiger partial charge is 0.484 e. The molecule has 1 aromatic heterocycles. The molecule has 0 spiro atoms. The van der Waals surface area contributed by atoms with Crippen molar-refractivity contribution in [2.45, 2.75) is 13.5 Å². The minimum atomic E-state index is 0.0120. The molecule has 8 heteroatoms. The Kier molecular flexibility index (Phi) is 5.81. The molecular weight excluding hydrogens is 368 g/mol. The number of tetrazole rings is 1. The van der Waals surface area contributed by atoms with Crippen LogP contribution in [0.5, 0.6) is 5.75 Å². The third kappa shape index (κ3) is 4.78. The summed E-state index contributed by atoms with van der Waals surface area (Å²) >= 11 is 0. The number of carbonyl (C=O) groups is 1. The number of carbonyl (C=O) groups excluding carboxylic acids is 1. The molecule has 1 aliphatic heterocycles. The van der Waals surface area contributed by atoms with E-state index in [1.165, 1.54) is 5.56 Å². The molecule has 150 valence electrons. The lowest BCUT2D eigenvalue weighted by Gasteiger charge is -2.34. The van der Waals surface area contributed by atoms with Gasteiger partial charge in [0.2, 0.25) is 0 Å². The third-order valence-electron chi connectivity index (χ3n) is 5.01. The molecule has 0 atom stereocenters. The van der Waals surface area contributed by atoms with Gasteiger partial charge in [0.1, 0.15) is 5.75 Å². The lowest BCUT2D eigenvalue weighted by Crippen LogP contribution is -2.49. The lowest BCUT2D eigenvalue weighted by atomic mass is 10.2. The van der Waals surface area contributed by atoms with Crippen molar-refractivity contribution in [3.05, 3.63) is 66.0 Å². The number of hydrogen-bond acceptors (Lipinski definition) is 6. The highest BCUT2D eigenvalue weighted by Crippen LogP contribution is 2.13. The Hall–Kier alpha value is -3.26. The first-order valence-electron chi connectivity index (χ1n) is 9.71. The maximum Gasteiger partial charge on any atom is 0.260 e. The van der Waals surface area contributed by atoms with Crippen LogP contribution in [0, 0.1) is 6.92 Å². The summed E-state index contributed by atoms with van der Waals surface area (Å²) < 4.78 is 7.34. The van der Waals surface area contributed by atoms with E-state index in [0.717, 1.165) is 24.6 Å². The van der Waals surface area contributed by atoms with E-state index in [-0.39, 0.29) is 12.5 Å². The molecule has 0 bridgehead atoms. The molecule has 0 saturated carbocycles. The number of hydrogen-bond donors (Lipinski definition) is 0. The van der Waals surface area contributed by atoms with Crippen LogP contribution < -0.4 is 4.74 Å².